The van der Waals surface area contributed by atoms with Crippen molar-refractivity contribution in [2.75, 3.05) is 19.7 Å². The average Bonchev–Trinajstić information content (AvgIpc) is 2.56. The summed E-state index contributed by atoms with van der Waals surface area (Å²) in [6.07, 6.45) is -0.625. The Balaban J connectivity index is 2.35. The summed E-state index contributed by atoms with van der Waals surface area (Å²) in [7, 11) is 0. The lowest BCUT2D eigenvalue weighted by Crippen LogP contribution is -2.35. The molecule has 2 unspecified atom stereocenters. The van der Waals surface area contributed by atoms with Gasteiger partial charge in [-0.3, -0.25) is 4.90 Å². The average molecular weight is 285 g/mol. The van der Waals surface area contributed by atoms with Crippen LogP contribution in [0.2, 0.25) is 0 Å². The Morgan fingerprint density at radius 1 is 0.905 bits per heavy atom. The van der Waals surface area contributed by atoms with Crippen LogP contribution in [0.15, 0.2) is 60.7 Å². The maximum atomic E-state index is 10.8. The second kappa shape index (κ2) is 7.93. The zero-order valence-electron chi connectivity index (χ0n) is 12.4. The number of aliphatic hydroxyl groups excluding tert-OH is 2. The summed E-state index contributed by atoms with van der Waals surface area (Å²) in [5, 5.41) is 20.1. The monoisotopic (exact) mass is 285 g/mol. The molecule has 3 heteroatoms. The summed E-state index contributed by atoms with van der Waals surface area (Å²) in [5.74, 6) is 0. The van der Waals surface area contributed by atoms with Crippen molar-refractivity contribution in [3.63, 3.8) is 0 Å². The fourth-order valence-electron chi connectivity index (χ4n) is 2.70. The van der Waals surface area contributed by atoms with Crippen molar-refractivity contribution in [2.24, 2.45) is 0 Å². The Morgan fingerprint density at radius 2 is 1.43 bits per heavy atom. The zero-order chi connectivity index (χ0) is 15.1. The molecule has 0 aromatic heterocycles. The van der Waals surface area contributed by atoms with Crippen molar-refractivity contribution < 1.29 is 10.2 Å². The van der Waals surface area contributed by atoms with Crippen molar-refractivity contribution in [2.45, 2.75) is 19.1 Å². The number of aliphatic hydroxyl groups is 2. The van der Waals surface area contributed by atoms with Gasteiger partial charge >= 0.3 is 0 Å². The van der Waals surface area contributed by atoms with Crippen LogP contribution in [0, 0.1) is 0 Å². The highest BCUT2D eigenvalue weighted by atomic mass is 16.3. The molecule has 0 fully saturated rings. The zero-order valence-corrected chi connectivity index (χ0v) is 12.4. The van der Waals surface area contributed by atoms with Crippen molar-refractivity contribution in [1.82, 2.24) is 4.90 Å². The maximum absolute atomic E-state index is 10.8. The van der Waals surface area contributed by atoms with E-state index in [1.807, 2.05) is 67.6 Å². The molecule has 0 heterocycles. The number of hydrogen-bond donors (Lipinski definition) is 2. The van der Waals surface area contributed by atoms with Crippen LogP contribution in [0.5, 0.6) is 0 Å². The molecule has 0 radical (unpaired) electrons. The van der Waals surface area contributed by atoms with E-state index in [0.717, 1.165) is 17.7 Å². The largest absolute Gasteiger partial charge is 0.395 e. The highest BCUT2D eigenvalue weighted by Crippen LogP contribution is 2.33. The minimum Gasteiger partial charge on any atom is -0.395 e. The van der Waals surface area contributed by atoms with Gasteiger partial charge in [-0.1, -0.05) is 67.6 Å². The molecule has 0 spiro atoms. The summed E-state index contributed by atoms with van der Waals surface area (Å²) in [6, 6.07) is 19.5. The van der Waals surface area contributed by atoms with Crippen molar-refractivity contribution in [3.05, 3.63) is 71.8 Å². The third-order valence-corrected chi connectivity index (χ3v) is 3.77. The first-order chi connectivity index (χ1) is 10.3. The minimum atomic E-state index is -0.625. The normalized spacial score (nSPS) is 14.1. The smallest absolute Gasteiger partial charge is 0.0986 e. The molecule has 3 nitrogen and oxygen atoms in total. The number of hydrogen-bond acceptors (Lipinski definition) is 3. The minimum absolute atomic E-state index is 0.0820. The highest BCUT2D eigenvalue weighted by Gasteiger charge is 2.27. The molecule has 2 N–H and O–H groups in total. The molecule has 0 aliphatic carbocycles. The first kappa shape index (κ1) is 15.7. The third kappa shape index (κ3) is 3.91. The fourth-order valence-corrected chi connectivity index (χ4v) is 2.70. The van der Waals surface area contributed by atoms with E-state index < -0.39 is 6.10 Å². The lowest BCUT2D eigenvalue weighted by atomic mass is 9.94. The molecule has 0 aliphatic heterocycles. The molecule has 112 valence electrons. The van der Waals surface area contributed by atoms with E-state index in [1.165, 1.54) is 0 Å². The Kier molecular flexibility index (Phi) is 5.93. The predicted octanol–water partition coefficient (Wildman–Crippen LogP) is 2.78. The van der Waals surface area contributed by atoms with Gasteiger partial charge in [0.15, 0.2) is 0 Å². The lowest BCUT2D eigenvalue weighted by molar-refractivity contribution is 0.0404. The molecular weight excluding hydrogens is 262 g/mol. The van der Waals surface area contributed by atoms with E-state index in [4.69, 9.17) is 0 Å². The number of rotatable bonds is 7. The van der Waals surface area contributed by atoms with E-state index in [-0.39, 0.29) is 12.6 Å². The van der Waals surface area contributed by atoms with Gasteiger partial charge in [-0.25, -0.2) is 0 Å². The standard InChI is InChI=1S/C18H23NO2/c1-2-19(13-14-20)17(15-9-5-3-6-10-15)18(21)16-11-7-4-8-12-16/h3-12,17-18,20-21H,2,13-14H2,1H3. The first-order valence-electron chi connectivity index (χ1n) is 7.40. The van der Waals surface area contributed by atoms with Crippen LogP contribution in [0.3, 0.4) is 0 Å². The highest BCUT2D eigenvalue weighted by molar-refractivity contribution is 5.26. The van der Waals surface area contributed by atoms with Gasteiger partial charge in [0, 0.05) is 6.54 Å². The molecule has 0 bridgehead atoms. The van der Waals surface area contributed by atoms with Crippen LogP contribution in [0.1, 0.15) is 30.2 Å². The topological polar surface area (TPSA) is 43.7 Å². The van der Waals surface area contributed by atoms with Gasteiger partial charge < -0.3 is 10.2 Å². The van der Waals surface area contributed by atoms with Gasteiger partial charge in [-0.05, 0) is 17.7 Å². The van der Waals surface area contributed by atoms with Crippen LogP contribution in [0.25, 0.3) is 0 Å². The van der Waals surface area contributed by atoms with Gasteiger partial charge in [0.25, 0.3) is 0 Å². The van der Waals surface area contributed by atoms with Crippen LogP contribution in [0.4, 0.5) is 0 Å². The Hall–Kier alpha value is -1.68. The van der Waals surface area contributed by atoms with Gasteiger partial charge in [-0.2, -0.15) is 0 Å². The fraction of sp³-hybridized carbons (Fsp3) is 0.333. The Morgan fingerprint density at radius 3 is 1.90 bits per heavy atom. The van der Waals surface area contributed by atoms with Crippen LogP contribution >= 0.6 is 0 Å². The van der Waals surface area contributed by atoms with Crippen molar-refractivity contribution >= 4 is 0 Å². The molecule has 2 aromatic carbocycles. The van der Waals surface area contributed by atoms with Gasteiger partial charge in [0.2, 0.25) is 0 Å². The summed E-state index contributed by atoms with van der Waals surface area (Å²) < 4.78 is 0. The summed E-state index contributed by atoms with van der Waals surface area (Å²) in [6.45, 7) is 3.44. The molecule has 2 rings (SSSR count). The summed E-state index contributed by atoms with van der Waals surface area (Å²) in [5.41, 5.74) is 1.95. The maximum Gasteiger partial charge on any atom is 0.0986 e. The van der Waals surface area contributed by atoms with Gasteiger partial charge in [0.1, 0.15) is 0 Å². The molecule has 0 saturated carbocycles. The van der Waals surface area contributed by atoms with E-state index in [2.05, 4.69) is 4.90 Å². The molecule has 0 saturated heterocycles. The second-order valence-electron chi connectivity index (χ2n) is 5.06. The summed E-state index contributed by atoms with van der Waals surface area (Å²) in [4.78, 5) is 2.10. The van der Waals surface area contributed by atoms with Gasteiger partial charge in [-0.15, -0.1) is 0 Å². The SMILES string of the molecule is CCN(CCO)C(c1ccccc1)C(O)c1ccccc1. The van der Waals surface area contributed by atoms with Crippen LogP contribution in [-0.2, 0) is 0 Å². The van der Waals surface area contributed by atoms with Crippen LogP contribution < -0.4 is 0 Å². The van der Waals surface area contributed by atoms with E-state index in [1.54, 1.807) is 0 Å². The van der Waals surface area contributed by atoms with E-state index in [9.17, 15) is 10.2 Å². The number of benzene rings is 2. The molecule has 21 heavy (non-hydrogen) atoms. The summed E-state index contributed by atoms with van der Waals surface area (Å²) >= 11 is 0. The number of nitrogens with zero attached hydrogens (tertiary/aromatic N) is 1. The van der Waals surface area contributed by atoms with E-state index in [0.29, 0.717) is 6.54 Å². The third-order valence-electron chi connectivity index (χ3n) is 3.77. The number of likely N-dealkylation sites (N-methyl/N-ethyl adjacent to an activating group) is 1. The van der Waals surface area contributed by atoms with Crippen molar-refractivity contribution in [1.29, 1.82) is 0 Å². The lowest BCUT2D eigenvalue weighted by Gasteiger charge is -2.34. The Labute approximate surface area is 126 Å². The first-order valence-corrected chi connectivity index (χ1v) is 7.40. The molecule has 2 aromatic rings. The second-order valence-corrected chi connectivity index (χ2v) is 5.06. The molecular formula is C18H23NO2. The predicted molar refractivity (Wildman–Crippen MR) is 84.9 cm³/mol. The van der Waals surface area contributed by atoms with E-state index >= 15 is 0 Å². The van der Waals surface area contributed by atoms with Gasteiger partial charge in [0.05, 0.1) is 18.8 Å². The molecule has 0 amide bonds. The van der Waals surface area contributed by atoms with Crippen LogP contribution in [-0.4, -0.2) is 34.8 Å². The van der Waals surface area contributed by atoms with Crippen molar-refractivity contribution in [3.8, 4) is 0 Å². The quantitative estimate of drug-likeness (QED) is 0.822. The Bertz CT molecular complexity index is 515. The molecule has 2 atom stereocenters. The molecule has 0 aliphatic rings.